The van der Waals surface area contributed by atoms with Gasteiger partial charge in [-0.15, -0.1) is 0 Å². The van der Waals surface area contributed by atoms with Gasteiger partial charge >= 0.3 is 0 Å². The van der Waals surface area contributed by atoms with Crippen LogP contribution >= 0.6 is 0 Å². The summed E-state index contributed by atoms with van der Waals surface area (Å²) >= 11 is 0. The van der Waals surface area contributed by atoms with Crippen LogP contribution in [0.5, 0.6) is 0 Å². The van der Waals surface area contributed by atoms with Gasteiger partial charge < -0.3 is 18.9 Å². The lowest BCUT2D eigenvalue weighted by molar-refractivity contribution is -0.571. The van der Waals surface area contributed by atoms with E-state index in [1.54, 1.807) is 0 Å². The zero-order valence-electron chi connectivity index (χ0n) is 26.5. The van der Waals surface area contributed by atoms with Gasteiger partial charge in [-0.1, -0.05) is 39.8 Å². The van der Waals surface area contributed by atoms with Gasteiger partial charge in [0.15, 0.2) is 23.8 Å². The average Bonchev–Trinajstić information content (AvgIpc) is 3.32. The van der Waals surface area contributed by atoms with E-state index in [-0.39, 0.29) is 12.2 Å². The summed E-state index contributed by atoms with van der Waals surface area (Å²) < 4.78 is 27.0. The molecule has 2 saturated carbocycles. The summed E-state index contributed by atoms with van der Waals surface area (Å²) in [6.07, 6.45) is 9.19. The SMILES string of the molecule is C=C(CC1O[C@@H]2O[C@]3(C)CC[C@H]4[C@H](C)CCC([C@H]1C)C24OO3)CC1O[C@@H]2O[C@]3(C)CC[C@H]4[C@H](C)CCC([C@H]1C)C24OO3. The molecule has 10 aliphatic rings. The second-order valence-electron chi connectivity index (χ2n) is 16.0. The molecule has 2 aliphatic carbocycles. The lowest BCUT2D eigenvalue weighted by Crippen LogP contribution is -2.70. The molecule has 10 rings (SSSR count). The Morgan fingerprint density at radius 2 is 1.02 bits per heavy atom. The van der Waals surface area contributed by atoms with Crippen LogP contribution in [0.1, 0.15) is 106 Å². The summed E-state index contributed by atoms with van der Waals surface area (Å²) in [5, 5.41) is 0. The van der Waals surface area contributed by atoms with Crippen molar-refractivity contribution in [1.29, 1.82) is 0 Å². The molecule has 0 aromatic rings. The Morgan fingerprint density at radius 3 is 1.45 bits per heavy atom. The van der Waals surface area contributed by atoms with Crippen molar-refractivity contribution in [3.8, 4) is 0 Å². The molecule has 8 heteroatoms. The van der Waals surface area contributed by atoms with Gasteiger partial charge in [0.1, 0.15) is 0 Å². The van der Waals surface area contributed by atoms with Crippen LogP contribution < -0.4 is 0 Å². The summed E-state index contributed by atoms with van der Waals surface area (Å²) in [6.45, 7) is 18.0. The van der Waals surface area contributed by atoms with E-state index in [1.165, 1.54) is 18.4 Å². The Bertz CT molecular complexity index is 1020. The number of ether oxygens (including phenoxy) is 4. The fraction of sp³-hybridized carbons (Fsp3) is 0.941. The molecule has 42 heavy (non-hydrogen) atoms. The molecular weight excluding hydrogens is 536 g/mol. The van der Waals surface area contributed by atoms with Gasteiger partial charge in [0, 0.05) is 24.7 Å². The topological polar surface area (TPSA) is 73.8 Å². The summed E-state index contributed by atoms with van der Waals surface area (Å²) in [7, 11) is 0. The third-order valence-electron chi connectivity index (χ3n) is 13.6. The largest absolute Gasteiger partial charge is 0.346 e. The molecule has 8 nitrogen and oxygen atoms in total. The number of hydrogen-bond acceptors (Lipinski definition) is 8. The fourth-order valence-electron chi connectivity index (χ4n) is 11.1. The molecule has 236 valence electrons. The first-order chi connectivity index (χ1) is 20.0. The van der Waals surface area contributed by atoms with Crippen LogP contribution in [0.2, 0.25) is 0 Å². The quantitative estimate of drug-likeness (QED) is 0.262. The van der Waals surface area contributed by atoms with Crippen molar-refractivity contribution in [2.45, 2.75) is 153 Å². The predicted octanol–water partition coefficient (Wildman–Crippen LogP) is 6.82. The molecular formula is C34H52O8. The first-order valence-corrected chi connectivity index (χ1v) is 17.0. The molecule has 8 aliphatic heterocycles. The summed E-state index contributed by atoms with van der Waals surface area (Å²) in [4.78, 5) is 24.7. The van der Waals surface area contributed by atoms with Crippen molar-refractivity contribution in [2.75, 3.05) is 0 Å². The van der Waals surface area contributed by atoms with Crippen molar-refractivity contribution in [2.24, 2.45) is 47.3 Å². The maximum absolute atomic E-state index is 6.89. The molecule has 2 spiro atoms. The first-order valence-electron chi connectivity index (χ1n) is 17.0. The predicted molar refractivity (Wildman–Crippen MR) is 152 cm³/mol. The summed E-state index contributed by atoms with van der Waals surface area (Å²) in [5.74, 6) is 1.66. The van der Waals surface area contributed by atoms with Gasteiger partial charge in [-0.3, -0.25) is 0 Å². The molecule has 10 fully saturated rings. The Kier molecular flexibility index (Phi) is 6.67. The number of fused-ring (bicyclic) bond motifs is 4. The van der Waals surface area contributed by atoms with E-state index in [0.717, 1.165) is 51.4 Å². The van der Waals surface area contributed by atoms with E-state index < -0.39 is 35.4 Å². The smallest absolute Gasteiger partial charge is 0.201 e. The molecule has 8 heterocycles. The van der Waals surface area contributed by atoms with E-state index in [9.17, 15) is 0 Å². The highest BCUT2D eigenvalue weighted by atomic mass is 17.3. The minimum Gasteiger partial charge on any atom is -0.346 e. The summed E-state index contributed by atoms with van der Waals surface area (Å²) in [6, 6.07) is 0. The molecule has 0 aromatic heterocycles. The van der Waals surface area contributed by atoms with Crippen LogP contribution in [0.3, 0.4) is 0 Å². The van der Waals surface area contributed by atoms with Crippen LogP contribution in [-0.2, 0) is 38.5 Å². The van der Waals surface area contributed by atoms with E-state index in [0.29, 0.717) is 47.3 Å². The Balaban J connectivity index is 1.01. The van der Waals surface area contributed by atoms with Crippen molar-refractivity contribution in [1.82, 2.24) is 0 Å². The van der Waals surface area contributed by atoms with E-state index >= 15 is 0 Å². The molecule has 16 atom stereocenters. The lowest BCUT2D eigenvalue weighted by atomic mass is 9.57. The van der Waals surface area contributed by atoms with Gasteiger partial charge in [-0.25, -0.2) is 19.6 Å². The third kappa shape index (κ3) is 3.95. The molecule has 0 aromatic carbocycles. The Hall–Kier alpha value is -0.580. The minimum absolute atomic E-state index is 0.0182. The fourth-order valence-corrected chi connectivity index (χ4v) is 11.1. The van der Waals surface area contributed by atoms with Crippen molar-refractivity contribution in [3.63, 3.8) is 0 Å². The van der Waals surface area contributed by atoms with Crippen LogP contribution in [0.15, 0.2) is 12.2 Å². The zero-order valence-corrected chi connectivity index (χ0v) is 26.5. The second kappa shape index (κ2) is 9.71. The van der Waals surface area contributed by atoms with E-state index in [1.807, 2.05) is 13.8 Å². The van der Waals surface area contributed by atoms with Crippen molar-refractivity contribution < 1.29 is 38.5 Å². The zero-order chi connectivity index (χ0) is 29.2. The molecule has 6 unspecified atom stereocenters. The highest BCUT2D eigenvalue weighted by molar-refractivity contribution is 5.14. The lowest BCUT2D eigenvalue weighted by Gasteiger charge is -2.61. The van der Waals surface area contributed by atoms with Gasteiger partial charge in [0.25, 0.3) is 0 Å². The highest BCUT2D eigenvalue weighted by Gasteiger charge is 2.71. The monoisotopic (exact) mass is 588 g/mol. The highest BCUT2D eigenvalue weighted by Crippen LogP contribution is 2.63. The second-order valence-corrected chi connectivity index (χ2v) is 16.0. The van der Waals surface area contributed by atoms with Gasteiger partial charge in [0.2, 0.25) is 11.6 Å². The van der Waals surface area contributed by atoms with Crippen molar-refractivity contribution >= 4 is 0 Å². The first kappa shape index (κ1) is 28.9. The molecule has 4 bridgehead atoms. The van der Waals surface area contributed by atoms with Gasteiger partial charge in [0.05, 0.1) is 12.2 Å². The van der Waals surface area contributed by atoms with Crippen LogP contribution in [0, 0.1) is 47.3 Å². The normalized spacial score (nSPS) is 59.8. The van der Waals surface area contributed by atoms with Gasteiger partial charge in [-0.05, 0) is 101 Å². The molecule has 0 radical (unpaired) electrons. The van der Waals surface area contributed by atoms with E-state index in [4.69, 9.17) is 38.5 Å². The summed E-state index contributed by atoms with van der Waals surface area (Å²) in [5.41, 5.74) is 0.119. The average molecular weight is 589 g/mol. The standard InChI is InChI=1S/C34H52O8/c1-18(16-27-21(4)25-10-8-19(2)23-12-14-31(6)37-29(35-27)33(23,25)41-39-31)17-28-22(5)26-11-9-20(3)24-13-15-32(7)38-30(36-28)34(24,26)42-40-32/h19-30H,1,8-17H2,2-7H3/t19-,20-,21-,22-,23+,24+,25?,26?,27?,28?,29-,30-,31+,32+,33?,34?/m1/s1. The number of hydrogen-bond donors (Lipinski definition) is 0. The third-order valence-corrected chi connectivity index (χ3v) is 13.6. The number of rotatable bonds is 4. The van der Waals surface area contributed by atoms with Crippen LogP contribution in [-0.4, -0.2) is 47.6 Å². The van der Waals surface area contributed by atoms with Crippen LogP contribution in [0.4, 0.5) is 0 Å². The maximum Gasteiger partial charge on any atom is 0.201 e. The van der Waals surface area contributed by atoms with Crippen molar-refractivity contribution in [3.05, 3.63) is 12.2 Å². The molecule has 0 N–H and O–H groups in total. The van der Waals surface area contributed by atoms with E-state index in [2.05, 4.69) is 34.3 Å². The van der Waals surface area contributed by atoms with Gasteiger partial charge in [-0.2, -0.15) is 0 Å². The Labute approximate surface area is 251 Å². The molecule has 8 saturated heterocycles. The van der Waals surface area contributed by atoms with Crippen LogP contribution in [0.25, 0.3) is 0 Å². The minimum atomic E-state index is -0.753. The molecule has 0 amide bonds. The Morgan fingerprint density at radius 1 is 0.595 bits per heavy atom. The maximum atomic E-state index is 6.89.